The van der Waals surface area contributed by atoms with Crippen LogP contribution >= 0.6 is 0 Å². The molecule has 1 aromatic carbocycles. The van der Waals surface area contributed by atoms with Gasteiger partial charge in [-0.25, -0.2) is 0 Å². The third-order valence-electron chi connectivity index (χ3n) is 4.36. The van der Waals surface area contributed by atoms with Crippen LogP contribution < -0.4 is 14.8 Å². The van der Waals surface area contributed by atoms with Crippen LogP contribution in [0, 0.1) is 0 Å². The largest absolute Gasteiger partial charge is 0.497 e. The molecular formula is C16H24N2O2. The lowest BCUT2D eigenvalue weighted by Crippen LogP contribution is -2.49. The summed E-state index contributed by atoms with van der Waals surface area (Å²) in [5.41, 5.74) is 1.25. The standard InChI is InChI=1S/C16H24N2O2/c1-18-7-5-13(6-8-18)17-14-9-12-10-15(19-2)3-4-16(12)20-11-14/h3-4,10,13-14,17H,5-9,11H2,1-2H3. The van der Waals surface area contributed by atoms with E-state index in [9.17, 15) is 0 Å². The molecule has 1 fully saturated rings. The van der Waals surface area contributed by atoms with Crippen LogP contribution in [-0.2, 0) is 6.42 Å². The summed E-state index contributed by atoms with van der Waals surface area (Å²) < 4.78 is 11.2. The molecule has 1 aromatic rings. The van der Waals surface area contributed by atoms with E-state index in [1.807, 2.05) is 12.1 Å². The molecule has 0 saturated carbocycles. The van der Waals surface area contributed by atoms with Crippen molar-refractivity contribution in [2.75, 3.05) is 33.9 Å². The van der Waals surface area contributed by atoms with Gasteiger partial charge in [-0.1, -0.05) is 0 Å². The molecule has 110 valence electrons. The first-order valence-electron chi connectivity index (χ1n) is 7.49. The smallest absolute Gasteiger partial charge is 0.122 e. The molecule has 0 aromatic heterocycles. The summed E-state index contributed by atoms with van der Waals surface area (Å²) in [5.74, 6) is 1.92. The molecule has 2 aliphatic heterocycles. The first-order valence-corrected chi connectivity index (χ1v) is 7.49. The van der Waals surface area contributed by atoms with E-state index in [0.717, 1.165) is 24.5 Å². The maximum Gasteiger partial charge on any atom is 0.122 e. The fourth-order valence-corrected chi connectivity index (χ4v) is 3.11. The van der Waals surface area contributed by atoms with Crippen LogP contribution in [0.1, 0.15) is 18.4 Å². The van der Waals surface area contributed by atoms with Gasteiger partial charge < -0.3 is 19.7 Å². The van der Waals surface area contributed by atoms with Crippen molar-refractivity contribution in [1.29, 1.82) is 0 Å². The maximum atomic E-state index is 5.87. The second-order valence-corrected chi connectivity index (χ2v) is 5.93. The first-order chi connectivity index (χ1) is 9.74. The van der Waals surface area contributed by atoms with E-state index in [1.54, 1.807) is 7.11 Å². The van der Waals surface area contributed by atoms with Crippen molar-refractivity contribution in [1.82, 2.24) is 10.2 Å². The van der Waals surface area contributed by atoms with Gasteiger partial charge in [-0.15, -0.1) is 0 Å². The average Bonchev–Trinajstić information content (AvgIpc) is 2.49. The lowest BCUT2D eigenvalue weighted by molar-refractivity contribution is 0.187. The zero-order chi connectivity index (χ0) is 13.9. The lowest BCUT2D eigenvalue weighted by atomic mass is 9.99. The number of nitrogens with zero attached hydrogens (tertiary/aromatic N) is 1. The van der Waals surface area contributed by atoms with E-state index in [0.29, 0.717) is 12.1 Å². The van der Waals surface area contributed by atoms with Crippen LogP contribution in [0.3, 0.4) is 0 Å². The summed E-state index contributed by atoms with van der Waals surface area (Å²) in [6.07, 6.45) is 3.49. The van der Waals surface area contributed by atoms with Crippen molar-refractivity contribution in [3.8, 4) is 11.5 Å². The van der Waals surface area contributed by atoms with Gasteiger partial charge in [-0.05, 0) is 63.2 Å². The van der Waals surface area contributed by atoms with Crippen LogP contribution in [0.4, 0.5) is 0 Å². The van der Waals surface area contributed by atoms with Gasteiger partial charge in [0.25, 0.3) is 0 Å². The summed E-state index contributed by atoms with van der Waals surface area (Å²) >= 11 is 0. The van der Waals surface area contributed by atoms with E-state index in [1.165, 1.54) is 31.5 Å². The molecular weight excluding hydrogens is 252 g/mol. The Hall–Kier alpha value is -1.26. The highest BCUT2D eigenvalue weighted by Crippen LogP contribution is 2.29. The quantitative estimate of drug-likeness (QED) is 0.911. The second-order valence-electron chi connectivity index (χ2n) is 5.93. The number of likely N-dealkylation sites (tertiary alicyclic amines) is 1. The number of hydrogen-bond acceptors (Lipinski definition) is 4. The highest BCUT2D eigenvalue weighted by Gasteiger charge is 2.24. The van der Waals surface area contributed by atoms with Gasteiger partial charge in [0.1, 0.15) is 18.1 Å². The van der Waals surface area contributed by atoms with Crippen LogP contribution in [-0.4, -0.2) is 50.8 Å². The molecule has 0 spiro atoms. The van der Waals surface area contributed by atoms with Gasteiger partial charge in [0.05, 0.1) is 7.11 Å². The van der Waals surface area contributed by atoms with Crippen LogP contribution in [0.2, 0.25) is 0 Å². The minimum Gasteiger partial charge on any atom is -0.497 e. The average molecular weight is 276 g/mol. The summed E-state index contributed by atoms with van der Waals surface area (Å²) in [7, 11) is 3.90. The van der Waals surface area contributed by atoms with E-state index in [2.05, 4.69) is 23.3 Å². The first kappa shape index (κ1) is 13.7. The molecule has 1 saturated heterocycles. The normalized spacial score (nSPS) is 24.0. The molecule has 2 aliphatic rings. The molecule has 4 heteroatoms. The second kappa shape index (κ2) is 6.02. The Kier molecular flexibility index (Phi) is 4.13. The Bertz CT molecular complexity index is 456. The predicted molar refractivity (Wildman–Crippen MR) is 79.6 cm³/mol. The monoisotopic (exact) mass is 276 g/mol. The SMILES string of the molecule is COc1ccc2c(c1)CC(NC1CCN(C)CC1)CO2. The topological polar surface area (TPSA) is 33.7 Å². The van der Waals surface area contributed by atoms with E-state index < -0.39 is 0 Å². The van der Waals surface area contributed by atoms with E-state index in [-0.39, 0.29) is 0 Å². The molecule has 1 N–H and O–H groups in total. The minimum absolute atomic E-state index is 0.419. The van der Waals surface area contributed by atoms with Gasteiger partial charge in [-0.3, -0.25) is 0 Å². The molecule has 0 bridgehead atoms. The van der Waals surface area contributed by atoms with Crippen LogP contribution in [0.15, 0.2) is 18.2 Å². The molecule has 20 heavy (non-hydrogen) atoms. The number of hydrogen-bond donors (Lipinski definition) is 1. The number of ether oxygens (including phenoxy) is 2. The highest BCUT2D eigenvalue weighted by atomic mass is 16.5. The zero-order valence-electron chi connectivity index (χ0n) is 12.4. The molecule has 0 radical (unpaired) electrons. The highest BCUT2D eigenvalue weighted by molar-refractivity contribution is 5.42. The predicted octanol–water partition coefficient (Wildman–Crippen LogP) is 1.68. The summed E-state index contributed by atoms with van der Waals surface area (Å²) in [5, 5.41) is 3.76. The summed E-state index contributed by atoms with van der Waals surface area (Å²) in [6, 6.07) is 7.12. The van der Waals surface area contributed by atoms with E-state index in [4.69, 9.17) is 9.47 Å². The van der Waals surface area contributed by atoms with Crippen molar-refractivity contribution in [2.24, 2.45) is 0 Å². The van der Waals surface area contributed by atoms with Crippen molar-refractivity contribution in [3.63, 3.8) is 0 Å². The van der Waals surface area contributed by atoms with Crippen molar-refractivity contribution in [2.45, 2.75) is 31.3 Å². The van der Waals surface area contributed by atoms with Gasteiger partial charge in [0.15, 0.2) is 0 Å². The van der Waals surface area contributed by atoms with Crippen LogP contribution in [0.5, 0.6) is 11.5 Å². The van der Waals surface area contributed by atoms with Gasteiger partial charge in [-0.2, -0.15) is 0 Å². The summed E-state index contributed by atoms with van der Waals surface area (Å²) in [4.78, 5) is 2.40. The van der Waals surface area contributed by atoms with Crippen molar-refractivity contribution in [3.05, 3.63) is 23.8 Å². The van der Waals surface area contributed by atoms with Crippen LogP contribution in [0.25, 0.3) is 0 Å². The third kappa shape index (κ3) is 3.07. The number of fused-ring (bicyclic) bond motifs is 1. The zero-order valence-corrected chi connectivity index (χ0v) is 12.4. The summed E-state index contributed by atoms with van der Waals surface area (Å²) in [6.45, 7) is 3.15. The molecule has 3 rings (SSSR count). The Morgan fingerprint density at radius 1 is 1.25 bits per heavy atom. The van der Waals surface area contributed by atoms with Gasteiger partial charge in [0, 0.05) is 12.1 Å². The Balaban J connectivity index is 1.60. The van der Waals surface area contributed by atoms with Gasteiger partial charge in [0.2, 0.25) is 0 Å². The van der Waals surface area contributed by atoms with Crippen molar-refractivity contribution < 1.29 is 9.47 Å². The molecule has 4 nitrogen and oxygen atoms in total. The van der Waals surface area contributed by atoms with E-state index >= 15 is 0 Å². The molecule has 1 unspecified atom stereocenters. The number of rotatable bonds is 3. The third-order valence-corrected chi connectivity index (χ3v) is 4.36. The maximum absolute atomic E-state index is 5.87. The Labute approximate surface area is 121 Å². The molecule has 1 atom stereocenters. The number of methoxy groups -OCH3 is 1. The fraction of sp³-hybridized carbons (Fsp3) is 0.625. The van der Waals surface area contributed by atoms with Gasteiger partial charge >= 0.3 is 0 Å². The fourth-order valence-electron chi connectivity index (χ4n) is 3.11. The Morgan fingerprint density at radius 2 is 2.05 bits per heavy atom. The molecule has 0 aliphatic carbocycles. The lowest BCUT2D eigenvalue weighted by Gasteiger charge is -2.34. The number of piperidine rings is 1. The number of benzene rings is 1. The molecule has 2 heterocycles. The Morgan fingerprint density at radius 3 is 2.80 bits per heavy atom. The number of nitrogens with one attached hydrogen (secondary N) is 1. The molecule has 0 amide bonds. The minimum atomic E-state index is 0.419. The van der Waals surface area contributed by atoms with Crippen molar-refractivity contribution >= 4 is 0 Å².